The van der Waals surface area contributed by atoms with Crippen molar-refractivity contribution < 1.29 is 9.47 Å². The number of hydrogen-bond acceptors (Lipinski definition) is 3. The van der Waals surface area contributed by atoms with E-state index in [2.05, 4.69) is 11.4 Å². The van der Waals surface area contributed by atoms with E-state index >= 15 is 0 Å². The Morgan fingerprint density at radius 1 is 1.00 bits per heavy atom. The van der Waals surface area contributed by atoms with Gasteiger partial charge in [-0.05, 0) is 81.0 Å². The van der Waals surface area contributed by atoms with E-state index in [1.54, 1.807) is 5.57 Å². The second-order valence-electron chi connectivity index (χ2n) is 7.29. The molecule has 0 atom stereocenters. The van der Waals surface area contributed by atoms with Gasteiger partial charge in [0.2, 0.25) is 0 Å². The summed E-state index contributed by atoms with van der Waals surface area (Å²) in [6.45, 7) is 4.65. The monoisotopic (exact) mass is 469 g/mol. The largest absolute Gasteiger partial charge is 0.490 e. The molecule has 0 aliphatic heterocycles. The fraction of sp³-hybridized carbons (Fsp3) is 0.417. The maximum absolute atomic E-state index is 6.53. The van der Waals surface area contributed by atoms with Crippen LogP contribution in [0.15, 0.2) is 48.0 Å². The summed E-state index contributed by atoms with van der Waals surface area (Å²) in [6, 6.07) is 11.5. The summed E-state index contributed by atoms with van der Waals surface area (Å²) in [5.74, 6) is 1.26. The molecule has 2 aromatic carbocycles. The van der Waals surface area contributed by atoms with Crippen molar-refractivity contribution >= 4 is 35.6 Å². The third kappa shape index (κ3) is 7.70. The van der Waals surface area contributed by atoms with Crippen molar-refractivity contribution in [2.75, 3.05) is 13.2 Å². The fourth-order valence-electron chi connectivity index (χ4n) is 3.48. The first-order valence-electron chi connectivity index (χ1n) is 10.4. The molecule has 1 N–H and O–H groups in total. The molecule has 1 aliphatic rings. The lowest BCUT2D eigenvalue weighted by atomic mass is 9.97. The van der Waals surface area contributed by atoms with Gasteiger partial charge in [-0.25, -0.2) is 0 Å². The Kier molecular flexibility index (Phi) is 10.9. The van der Waals surface area contributed by atoms with Crippen LogP contribution < -0.4 is 14.8 Å². The molecule has 6 heteroatoms. The van der Waals surface area contributed by atoms with Crippen LogP contribution in [0.1, 0.15) is 50.2 Å². The maximum atomic E-state index is 6.53. The molecule has 0 bridgehead atoms. The lowest BCUT2D eigenvalue weighted by molar-refractivity contribution is 0.269. The van der Waals surface area contributed by atoms with Crippen molar-refractivity contribution in [3.05, 3.63) is 69.2 Å². The smallest absolute Gasteiger partial charge is 0.180 e. The van der Waals surface area contributed by atoms with Crippen LogP contribution in [0.3, 0.4) is 0 Å². The van der Waals surface area contributed by atoms with Crippen LogP contribution >= 0.6 is 35.6 Å². The van der Waals surface area contributed by atoms with E-state index in [-0.39, 0.29) is 12.4 Å². The molecular formula is C24H30Cl3NO2. The highest BCUT2D eigenvalue weighted by atomic mass is 35.5. The van der Waals surface area contributed by atoms with E-state index < -0.39 is 0 Å². The van der Waals surface area contributed by atoms with Gasteiger partial charge >= 0.3 is 0 Å². The minimum Gasteiger partial charge on any atom is -0.490 e. The van der Waals surface area contributed by atoms with Gasteiger partial charge in [-0.2, -0.15) is 0 Å². The molecule has 3 nitrogen and oxygen atoms in total. The average Bonchev–Trinajstić information content (AvgIpc) is 2.73. The second-order valence-corrected chi connectivity index (χ2v) is 8.13. The molecule has 0 amide bonds. The highest BCUT2D eigenvalue weighted by Crippen LogP contribution is 2.37. The summed E-state index contributed by atoms with van der Waals surface area (Å²) >= 11 is 12.5. The van der Waals surface area contributed by atoms with E-state index in [1.807, 2.05) is 43.3 Å². The minimum absolute atomic E-state index is 0. The number of benzene rings is 2. The van der Waals surface area contributed by atoms with Gasteiger partial charge in [-0.3, -0.25) is 0 Å². The molecule has 164 valence electrons. The summed E-state index contributed by atoms with van der Waals surface area (Å²) in [5.41, 5.74) is 3.70. The van der Waals surface area contributed by atoms with E-state index in [1.165, 1.54) is 25.7 Å². The van der Waals surface area contributed by atoms with Crippen LogP contribution in [0, 0.1) is 0 Å². The average molecular weight is 471 g/mol. The van der Waals surface area contributed by atoms with Crippen LogP contribution in [0.4, 0.5) is 0 Å². The molecule has 0 aromatic heterocycles. The third-order valence-electron chi connectivity index (χ3n) is 5.00. The zero-order valence-corrected chi connectivity index (χ0v) is 19.7. The van der Waals surface area contributed by atoms with Crippen molar-refractivity contribution in [2.45, 2.75) is 52.2 Å². The van der Waals surface area contributed by atoms with Crippen LogP contribution in [0.25, 0.3) is 0 Å². The molecule has 0 saturated carbocycles. The SMILES string of the molecule is CCOc1cc(CNCCC2=CCCCC2)cc(Cl)c1OCc1ccc(Cl)cc1.Cl. The number of hydrogen-bond donors (Lipinski definition) is 1. The molecule has 0 spiro atoms. The standard InChI is InChI=1S/C24H29Cl2NO2.ClH/c1-2-28-23-15-20(16-27-13-12-18-6-4-3-5-7-18)14-22(26)24(23)29-17-19-8-10-21(25)11-9-19;/h6,8-11,14-15,27H,2-5,7,12-13,16-17H2,1H3;1H. The normalized spacial score (nSPS) is 13.4. The van der Waals surface area contributed by atoms with Crippen molar-refractivity contribution in [2.24, 2.45) is 0 Å². The Labute approximate surface area is 196 Å². The van der Waals surface area contributed by atoms with E-state index in [4.69, 9.17) is 32.7 Å². The van der Waals surface area contributed by atoms with E-state index in [0.29, 0.717) is 34.8 Å². The molecule has 0 unspecified atom stereocenters. The summed E-state index contributed by atoms with van der Waals surface area (Å²) in [7, 11) is 0. The van der Waals surface area contributed by atoms with Crippen molar-refractivity contribution in [1.29, 1.82) is 0 Å². The highest BCUT2D eigenvalue weighted by molar-refractivity contribution is 6.32. The predicted molar refractivity (Wildman–Crippen MR) is 129 cm³/mol. The predicted octanol–water partition coefficient (Wildman–Crippen LogP) is 7.37. The highest BCUT2D eigenvalue weighted by Gasteiger charge is 2.13. The molecule has 3 rings (SSSR count). The Balaban J connectivity index is 0.00000320. The molecule has 0 fully saturated rings. The molecule has 0 heterocycles. The molecule has 1 aliphatic carbocycles. The first-order valence-corrected chi connectivity index (χ1v) is 11.1. The molecule has 30 heavy (non-hydrogen) atoms. The number of rotatable bonds is 10. The molecular weight excluding hydrogens is 441 g/mol. The van der Waals surface area contributed by atoms with Gasteiger partial charge in [-0.1, -0.05) is 47.0 Å². The van der Waals surface area contributed by atoms with Gasteiger partial charge in [0.25, 0.3) is 0 Å². The summed E-state index contributed by atoms with van der Waals surface area (Å²) < 4.78 is 11.8. The first kappa shape index (κ1) is 24.9. The molecule has 0 saturated heterocycles. The Morgan fingerprint density at radius 3 is 2.50 bits per heavy atom. The van der Waals surface area contributed by atoms with Gasteiger partial charge < -0.3 is 14.8 Å². The van der Waals surface area contributed by atoms with E-state index in [9.17, 15) is 0 Å². The summed E-state index contributed by atoms with van der Waals surface area (Å²) in [6.07, 6.45) is 8.68. The fourth-order valence-corrected chi connectivity index (χ4v) is 3.89. The van der Waals surface area contributed by atoms with Crippen LogP contribution in [0.2, 0.25) is 10.0 Å². The zero-order valence-electron chi connectivity index (χ0n) is 17.4. The van der Waals surface area contributed by atoms with Gasteiger partial charge in [0.1, 0.15) is 6.61 Å². The topological polar surface area (TPSA) is 30.5 Å². The molecule has 0 radical (unpaired) electrons. The van der Waals surface area contributed by atoms with Gasteiger partial charge in [0.15, 0.2) is 11.5 Å². The summed E-state index contributed by atoms with van der Waals surface area (Å²) in [4.78, 5) is 0. The van der Waals surface area contributed by atoms with Gasteiger partial charge in [-0.15, -0.1) is 12.4 Å². The Hall–Kier alpha value is -1.39. The van der Waals surface area contributed by atoms with Crippen LogP contribution in [-0.4, -0.2) is 13.2 Å². The van der Waals surface area contributed by atoms with Crippen LogP contribution in [0.5, 0.6) is 11.5 Å². The summed E-state index contributed by atoms with van der Waals surface area (Å²) in [5, 5.41) is 4.79. The van der Waals surface area contributed by atoms with Crippen molar-refractivity contribution in [1.82, 2.24) is 5.32 Å². The van der Waals surface area contributed by atoms with Gasteiger partial charge in [0, 0.05) is 11.6 Å². The lowest BCUT2D eigenvalue weighted by Gasteiger charge is -2.16. The van der Waals surface area contributed by atoms with Crippen molar-refractivity contribution in [3.8, 4) is 11.5 Å². The second kappa shape index (κ2) is 13.1. The third-order valence-corrected chi connectivity index (χ3v) is 5.54. The number of ether oxygens (including phenoxy) is 2. The maximum Gasteiger partial charge on any atom is 0.180 e. The minimum atomic E-state index is 0. The quantitative estimate of drug-likeness (QED) is 0.290. The first-order chi connectivity index (χ1) is 14.2. The number of halogens is 3. The van der Waals surface area contributed by atoms with E-state index in [0.717, 1.165) is 30.6 Å². The van der Waals surface area contributed by atoms with Crippen molar-refractivity contribution in [3.63, 3.8) is 0 Å². The Morgan fingerprint density at radius 2 is 1.80 bits per heavy atom. The molecule has 2 aromatic rings. The lowest BCUT2D eigenvalue weighted by Crippen LogP contribution is -2.16. The van der Waals surface area contributed by atoms with Crippen LogP contribution in [-0.2, 0) is 13.2 Å². The van der Waals surface area contributed by atoms with Gasteiger partial charge in [0.05, 0.1) is 11.6 Å². The Bertz CT molecular complexity index is 822. The number of allylic oxidation sites excluding steroid dienone is 1. The zero-order chi connectivity index (χ0) is 20.5. The number of nitrogens with one attached hydrogen (secondary N) is 1.